The summed E-state index contributed by atoms with van der Waals surface area (Å²) in [6.07, 6.45) is -5.11. The summed E-state index contributed by atoms with van der Waals surface area (Å²) in [5, 5.41) is 7.12. The van der Waals surface area contributed by atoms with Gasteiger partial charge in [0.1, 0.15) is 0 Å². The van der Waals surface area contributed by atoms with Gasteiger partial charge >= 0.3 is 12.1 Å². The summed E-state index contributed by atoms with van der Waals surface area (Å²) >= 11 is 0. The fraction of sp³-hybridized carbons (Fsp3) is 0.312. The van der Waals surface area contributed by atoms with Gasteiger partial charge in [-0.1, -0.05) is 72.8 Å². The van der Waals surface area contributed by atoms with E-state index in [9.17, 15) is 27.6 Å². The van der Waals surface area contributed by atoms with Crippen LogP contribution in [0.25, 0.3) is 11.1 Å². The third-order valence-corrected chi connectivity index (χ3v) is 8.13. The lowest BCUT2D eigenvalue weighted by atomic mass is 9.95. The molecule has 0 bridgehead atoms. The number of alkyl halides is 3. The van der Waals surface area contributed by atoms with Crippen LogP contribution >= 0.6 is 0 Å². The lowest BCUT2D eigenvalue weighted by Crippen LogP contribution is -2.53. The van der Waals surface area contributed by atoms with Crippen LogP contribution in [-0.2, 0) is 32.3 Å². The number of carboxylic acid groups (broad SMARTS) is 1. The largest absolute Gasteiger partial charge is 0.490 e. The number of piperazine rings is 1. The topological polar surface area (TPSA) is 124 Å². The summed E-state index contributed by atoms with van der Waals surface area (Å²) in [6.45, 7) is 2.88. The number of fused-ring (bicyclic) bond motifs is 4. The number of halogens is 3. The van der Waals surface area contributed by atoms with Crippen LogP contribution in [0.4, 0.5) is 13.2 Å². The second kappa shape index (κ2) is 12.5. The van der Waals surface area contributed by atoms with E-state index in [1.165, 1.54) is 0 Å². The van der Waals surface area contributed by atoms with Crippen molar-refractivity contribution in [2.45, 2.75) is 37.6 Å². The number of nitrogens with two attached hydrogens (primary N) is 1. The molecule has 1 aliphatic carbocycles. The van der Waals surface area contributed by atoms with Crippen molar-refractivity contribution in [1.82, 2.24) is 14.7 Å². The van der Waals surface area contributed by atoms with Gasteiger partial charge in [0.15, 0.2) is 0 Å². The van der Waals surface area contributed by atoms with Crippen molar-refractivity contribution in [3.05, 3.63) is 95.1 Å². The quantitative estimate of drug-likeness (QED) is 0.468. The average molecular weight is 609 g/mol. The molecule has 3 aliphatic rings. The van der Waals surface area contributed by atoms with E-state index in [-0.39, 0.29) is 30.1 Å². The van der Waals surface area contributed by atoms with Gasteiger partial charge in [-0.3, -0.25) is 14.4 Å². The molecule has 6 rings (SSSR count). The molecular weight excluding hydrogens is 577 g/mol. The predicted octanol–water partition coefficient (Wildman–Crippen LogP) is 3.36. The first-order valence-corrected chi connectivity index (χ1v) is 14.1. The van der Waals surface area contributed by atoms with Crippen LogP contribution < -0.4 is 5.73 Å². The number of carbonyl (C=O) groups is 4. The molecule has 3 aromatic carbocycles. The Morgan fingerprint density at radius 1 is 0.750 bits per heavy atom. The SMILES string of the molecule is N[C@@H](CC(=O)N1CCN(C(=O)C2c3ccccc3-c3ccccc32)CC1)C(=O)N1Cc2ccccc2C1.O=C(O)C(F)(F)F. The number of benzene rings is 3. The van der Waals surface area contributed by atoms with E-state index < -0.39 is 18.2 Å². The Morgan fingerprint density at radius 2 is 1.18 bits per heavy atom. The van der Waals surface area contributed by atoms with Gasteiger partial charge < -0.3 is 25.5 Å². The molecule has 0 unspecified atom stereocenters. The summed E-state index contributed by atoms with van der Waals surface area (Å²) in [7, 11) is 0. The molecule has 1 fully saturated rings. The maximum absolute atomic E-state index is 13.7. The first-order valence-electron chi connectivity index (χ1n) is 14.1. The first-order chi connectivity index (χ1) is 21.0. The Bertz CT molecular complexity index is 1520. The summed E-state index contributed by atoms with van der Waals surface area (Å²) in [5.41, 5.74) is 12.8. The van der Waals surface area contributed by atoms with Gasteiger partial charge in [0.25, 0.3) is 0 Å². The van der Waals surface area contributed by atoms with E-state index >= 15 is 0 Å². The maximum atomic E-state index is 13.7. The molecule has 44 heavy (non-hydrogen) atoms. The van der Waals surface area contributed by atoms with Crippen LogP contribution in [0, 0.1) is 0 Å². The van der Waals surface area contributed by atoms with Gasteiger partial charge in [-0.2, -0.15) is 13.2 Å². The molecule has 0 saturated carbocycles. The number of carboxylic acids is 1. The molecule has 2 aliphatic heterocycles. The van der Waals surface area contributed by atoms with Crippen LogP contribution in [0.1, 0.15) is 34.6 Å². The Morgan fingerprint density at radius 3 is 1.66 bits per heavy atom. The minimum Gasteiger partial charge on any atom is -0.475 e. The second-order valence-corrected chi connectivity index (χ2v) is 10.9. The monoisotopic (exact) mass is 608 g/mol. The molecule has 9 nitrogen and oxygen atoms in total. The Hall–Kier alpha value is -4.71. The lowest BCUT2D eigenvalue weighted by Gasteiger charge is -2.36. The Labute approximate surface area is 251 Å². The van der Waals surface area contributed by atoms with E-state index in [4.69, 9.17) is 15.6 Å². The molecule has 0 spiro atoms. The van der Waals surface area contributed by atoms with Crippen molar-refractivity contribution >= 4 is 23.7 Å². The van der Waals surface area contributed by atoms with Gasteiger partial charge in [-0.15, -0.1) is 0 Å². The zero-order valence-corrected chi connectivity index (χ0v) is 23.7. The molecule has 230 valence electrons. The molecule has 3 N–H and O–H groups in total. The highest BCUT2D eigenvalue weighted by Gasteiger charge is 2.39. The predicted molar refractivity (Wildman–Crippen MR) is 154 cm³/mol. The van der Waals surface area contributed by atoms with Crippen LogP contribution in [-0.4, -0.2) is 81.9 Å². The summed E-state index contributed by atoms with van der Waals surface area (Å²) in [4.78, 5) is 53.7. The average Bonchev–Trinajstić information content (AvgIpc) is 3.60. The van der Waals surface area contributed by atoms with Crippen molar-refractivity contribution < 1.29 is 37.5 Å². The van der Waals surface area contributed by atoms with Crippen molar-refractivity contribution in [3.8, 4) is 11.1 Å². The summed E-state index contributed by atoms with van der Waals surface area (Å²) in [5.74, 6) is -3.33. The number of amides is 3. The molecule has 0 radical (unpaired) electrons. The minimum atomic E-state index is -5.08. The van der Waals surface area contributed by atoms with Crippen molar-refractivity contribution in [2.75, 3.05) is 26.2 Å². The number of aliphatic carboxylic acids is 1. The van der Waals surface area contributed by atoms with Crippen LogP contribution in [0.15, 0.2) is 72.8 Å². The van der Waals surface area contributed by atoms with Gasteiger partial charge in [0.2, 0.25) is 17.7 Å². The molecule has 3 aromatic rings. The van der Waals surface area contributed by atoms with Gasteiger partial charge in [0, 0.05) is 39.3 Å². The van der Waals surface area contributed by atoms with E-state index in [2.05, 4.69) is 12.1 Å². The highest BCUT2D eigenvalue weighted by atomic mass is 19.4. The third-order valence-electron chi connectivity index (χ3n) is 8.13. The highest BCUT2D eigenvalue weighted by Crippen LogP contribution is 2.45. The number of carbonyl (C=O) groups excluding carboxylic acids is 3. The summed E-state index contributed by atoms with van der Waals surface area (Å²) in [6, 6.07) is 23.3. The molecule has 0 aromatic heterocycles. The number of hydrogen-bond acceptors (Lipinski definition) is 5. The smallest absolute Gasteiger partial charge is 0.475 e. The first kappa shape index (κ1) is 30.7. The number of rotatable bonds is 4. The maximum Gasteiger partial charge on any atom is 0.490 e. The van der Waals surface area contributed by atoms with E-state index in [0.717, 1.165) is 33.4 Å². The van der Waals surface area contributed by atoms with Crippen molar-refractivity contribution in [1.29, 1.82) is 0 Å². The fourth-order valence-corrected chi connectivity index (χ4v) is 5.91. The third kappa shape index (κ3) is 6.30. The van der Waals surface area contributed by atoms with E-state index in [0.29, 0.717) is 39.3 Å². The molecule has 1 atom stereocenters. The highest BCUT2D eigenvalue weighted by molar-refractivity contribution is 5.96. The molecule has 1 saturated heterocycles. The van der Waals surface area contributed by atoms with Crippen LogP contribution in [0.2, 0.25) is 0 Å². The molecule has 12 heteroatoms. The standard InChI is InChI=1S/C30H30N4O3.C2HF3O2/c31-26(29(36)34-18-20-7-1-2-8-21(20)19-34)17-27(35)32-13-15-33(16-14-32)30(37)28-24-11-5-3-9-22(24)23-10-4-6-12-25(23)28;3-2(4,5)1(6)7/h1-12,26,28H,13-19,31H2;(H,6,7)/t26-;/m0./s1. The molecule has 2 heterocycles. The lowest BCUT2D eigenvalue weighted by molar-refractivity contribution is -0.192. The number of hydrogen-bond donors (Lipinski definition) is 2. The fourth-order valence-electron chi connectivity index (χ4n) is 5.91. The summed E-state index contributed by atoms with van der Waals surface area (Å²) < 4.78 is 31.7. The zero-order chi connectivity index (χ0) is 31.6. The van der Waals surface area contributed by atoms with Crippen LogP contribution in [0.3, 0.4) is 0 Å². The minimum absolute atomic E-state index is 0.0248. The zero-order valence-electron chi connectivity index (χ0n) is 23.7. The van der Waals surface area contributed by atoms with E-state index in [1.807, 2.05) is 65.6 Å². The van der Waals surface area contributed by atoms with Gasteiger partial charge in [-0.25, -0.2) is 4.79 Å². The molecule has 3 amide bonds. The van der Waals surface area contributed by atoms with Gasteiger partial charge in [0.05, 0.1) is 18.4 Å². The van der Waals surface area contributed by atoms with E-state index in [1.54, 1.807) is 9.80 Å². The Balaban J connectivity index is 0.000000493. The number of nitrogens with zero attached hydrogens (tertiary/aromatic N) is 3. The molecular formula is C32H31F3N4O5. The van der Waals surface area contributed by atoms with Crippen molar-refractivity contribution in [2.24, 2.45) is 5.73 Å². The van der Waals surface area contributed by atoms with Gasteiger partial charge in [-0.05, 0) is 33.4 Å². The Kier molecular flexibility index (Phi) is 8.73. The van der Waals surface area contributed by atoms with Crippen molar-refractivity contribution in [3.63, 3.8) is 0 Å². The van der Waals surface area contributed by atoms with Crippen LogP contribution in [0.5, 0.6) is 0 Å². The normalized spacial score (nSPS) is 16.3. The second-order valence-electron chi connectivity index (χ2n) is 10.9.